The van der Waals surface area contributed by atoms with Crippen LogP contribution in [-0.4, -0.2) is 4.98 Å². The molecule has 2 aromatic rings. The van der Waals surface area contributed by atoms with E-state index in [0.29, 0.717) is 0 Å². The molecule has 0 aliphatic rings. The summed E-state index contributed by atoms with van der Waals surface area (Å²) in [5.74, 6) is 0. The van der Waals surface area contributed by atoms with E-state index >= 15 is 0 Å². The Morgan fingerprint density at radius 3 is 2.93 bits per heavy atom. The van der Waals surface area contributed by atoms with Gasteiger partial charge >= 0.3 is 0 Å². The Bertz CT molecular complexity index is 443. The van der Waals surface area contributed by atoms with Crippen LogP contribution in [0.3, 0.4) is 0 Å². The average Bonchev–Trinajstić information content (AvgIpc) is 2.71. The lowest BCUT2D eigenvalue weighted by molar-refractivity contribution is 0.568. The molecule has 2 rings (SSSR count). The molecule has 0 bridgehead atoms. The summed E-state index contributed by atoms with van der Waals surface area (Å²) in [6.07, 6.45) is 5.11. The van der Waals surface area contributed by atoms with Crippen molar-refractivity contribution in [3.05, 3.63) is 49.1 Å². The van der Waals surface area contributed by atoms with Gasteiger partial charge in [0.25, 0.3) is 0 Å². The Balaban J connectivity index is 2.46. The lowest BCUT2D eigenvalue weighted by Crippen LogP contribution is -1.84. The minimum absolute atomic E-state index is 0.916. The molecular weight excluding hydrogens is 174 g/mol. The standard InChI is InChI=1S/C12H11NO/c1-9(2)10-3-5-13-12(7-10)11-4-6-14-8-11/h3-8H,1H2,2H3. The maximum Gasteiger partial charge on any atom is 0.0996 e. The Morgan fingerprint density at radius 1 is 1.43 bits per heavy atom. The van der Waals surface area contributed by atoms with Crippen LogP contribution in [0.15, 0.2) is 47.9 Å². The minimum Gasteiger partial charge on any atom is -0.472 e. The van der Waals surface area contributed by atoms with Gasteiger partial charge in [-0.2, -0.15) is 0 Å². The maximum atomic E-state index is 5.01. The van der Waals surface area contributed by atoms with E-state index in [9.17, 15) is 0 Å². The van der Waals surface area contributed by atoms with Gasteiger partial charge in [-0.1, -0.05) is 12.2 Å². The minimum atomic E-state index is 0.916. The van der Waals surface area contributed by atoms with Gasteiger partial charge in [0, 0.05) is 11.8 Å². The molecule has 0 saturated heterocycles. The van der Waals surface area contributed by atoms with E-state index < -0.39 is 0 Å². The van der Waals surface area contributed by atoms with Gasteiger partial charge in [0.15, 0.2) is 0 Å². The molecule has 0 aliphatic carbocycles. The highest BCUT2D eigenvalue weighted by molar-refractivity contribution is 5.67. The van der Waals surface area contributed by atoms with Gasteiger partial charge in [-0.15, -0.1) is 0 Å². The maximum absolute atomic E-state index is 5.01. The lowest BCUT2D eigenvalue weighted by Gasteiger charge is -2.01. The summed E-state index contributed by atoms with van der Waals surface area (Å²) in [6, 6.07) is 5.85. The first-order valence-electron chi connectivity index (χ1n) is 4.42. The van der Waals surface area contributed by atoms with Crippen molar-refractivity contribution in [1.29, 1.82) is 0 Å². The molecule has 0 atom stereocenters. The Labute approximate surface area is 82.9 Å². The fourth-order valence-corrected chi connectivity index (χ4v) is 1.26. The van der Waals surface area contributed by atoms with Crippen molar-refractivity contribution in [1.82, 2.24) is 4.98 Å². The van der Waals surface area contributed by atoms with Gasteiger partial charge in [0.2, 0.25) is 0 Å². The van der Waals surface area contributed by atoms with Crippen LogP contribution >= 0.6 is 0 Å². The normalized spacial score (nSPS) is 10.1. The number of allylic oxidation sites excluding steroid dienone is 1. The number of furan rings is 1. The molecule has 0 radical (unpaired) electrons. The fraction of sp³-hybridized carbons (Fsp3) is 0.0833. The van der Waals surface area contributed by atoms with Crippen molar-refractivity contribution >= 4 is 5.57 Å². The zero-order valence-corrected chi connectivity index (χ0v) is 8.03. The van der Waals surface area contributed by atoms with Crippen LogP contribution in [-0.2, 0) is 0 Å². The van der Waals surface area contributed by atoms with Crippen molar-refractivity contribution in [2.45, 2.75) is 6.92 Å². The van der Waals surface area contributed by atoms with Gasteiger partial charge in [-0.05, 0) is 30.7 Å². The summed E-state index contributed by atoms with van der Waals surface area (Å²) >= 11 is 0. The first-order chi connectivity index (χ1) is 6.77. The Hall–Kier alpha value is -1.83. The predicted octanol–water partition coefficient (Wildman–Crippen LogP) is 3.37. The molecule has 2 heteroatoms. The van der Waals surface area contributed by atoms with Crippen molar-refractivity contribution in [2.24, 2.45) is 0 Å². The number of hydrogen-bond acceptors (Lipinski definition) is 2. The van der Waals surface area contributed by atoms with E-state index in [1.54, 1.807) is 18.7 Å². The third kappa shape index (κ3) is 1.59. The van der Waals surface area contributed by atoms with Crippen molar-refractivity contribution < 1.29 is 4.42 Å². The van der Waals surface area contributed by atoms with Gasteiger partial charge in [-0.25, -0.2) is 0 Å². The SMILES string of the molecule is C=C(C)c1ccnc(-c2ccoc2)c1. The number of hydrogen-bond donors (Lipinski definition) is 0. The van der Waals surface area contributed by atoms with Crippen molar-refractivity contribution in [3.63, 3.8) is 0 Å². The zero-order valence-electron chi connectivity index (χ0n) is 8.03. The Kier molecular flexibility index (Phi) is 2.19. The molecule has 14 heavy (non-hydrogen) atoms. The molecule has 2 heterocycles. The molecule has 2 nitrogen and oxygen atoms in total. The van der Waals surface area contributed by atoms with Crippen molar-refractivity contribution in [3.8, 4) is 11.3 Å². The summed E-state index contributed by atoms with van der Waals surface area (Å²) in [6.45, 7) is 5.88. The predicted molar refractivity (Wildman–Crippen MR) is 56.6 cm³/mol. The molecule has 70 valence electrons. The molecule has 0 unspecified atom stereocenters. The number of nitrogens with zero attached hydrogens (tertiary/aromatic N) is 1. The van der Waals surface area contributed by atoms with E-state index in [-0.39, 0.29) is 0 Å². The number of pyridine rings is 1. The molecule has 0 saturated carbocycles. The summed E-state index contributed by atoms with van der Waals surface area (Å²) in [4.78, 5) is 4.26. The van der Waals surface area contributed by atoms with Crippen LogP contribution in [0.25, 0.3) is 16.8 Å². The second kappa shape index (κ2) is 3.50. The third-order valence-corrected chi connectivity index (χ3v) is 2.07. The van der Waals surface area contributed by atoms with Gasteiger partial charge in [0.1, 0.15) is 0 Å². The first-order valence-corrected chi connectivity index (χ1v) is 4.42. The molecule has 2 aromatic heterocycles. The topological polar surface area (TPSA) is 26.0 Å². The van der Waals surface area contributed by atoms with E-state index in [1.165, 1.54) is 0 Å². The highest BCUT2D eigenvalue weighted by atomic mass is 16.3. The molecular formula is C12H11NO. The summed E-state index contributed by atoms with van der Waals surface area (Å²) in [5.41, 5.74) is 4.06. The summed E-state index contributed by atoms with van der Waals surface area (Å²) in [5, 5.41) is 0. The lowest BCUT2D eigenvalue weighted by atomic mass is 10.1. The Morgan fingerprint density at radius 2 is 2.29 bits per heavy atom. The third-order valence-electron chi connectivity index (χ3n) is 2.07. The second-order valence-corrected chi connectivity index (χ2v) is 3.22. The highest BCUT2D eigenvalue weighted by Crippen LogP contribution is 2.20. The zero-order chi connectivity index (χ0) is 9.97. The quantitative estimate of drug-likeness (QED) is 0.716. The van der Waals surface area contributed by atoms with Crippen LogP contribution < -0.4 is 0 Å². The molecule has 0 aliphatic heterocycles. The molecule has 0 amide bonds. The second-order valence-electron chi connectivity index (χ2n) is 3.22. The molecule has 0 fully saturated rings. The first kappa shape index (κ1) is 8.75. The summed E-state index contributed by atoms with van der Waals surface area (Å²) in [7, 11) is 0. The molecule has 0 spiro atoms. The average molecular weight is 185 g/mol. The number of aromatic nitrogens is 1. The van der Waals surface area contributed by atoms with Crippen LogP contribution in [0.5, 0.6) is 0 Å². The van der Waals surface area contributed by atoms with Crippen LogP contribution in [0.1, 0.15) is 12.5 Å². The largest absolute Gasteiger partial charge is 0.472 e. The van der Waals surface area contributed by atoms with E-state index in [1.807, 2.05) is 25.1 Å². The van der Waals surface area contributed by atoms with Crippen LogP contribution in [0, 0.1) is 0 Å². The van der Waals surface area contributed by atoms with Gasteiger partial charge in [0.05, 0.1) is 18.2 Å². The van der Waals surface area contributed by atoms with Crippen molar-refractivity contribution in [2.75, 3.05) is 0 Å². The fourth-order valence-electron chi connectivity index (χ4n) is 1.26. The highest BCUT2D eigenvalue weighted by Gasteiger charge is 2.01. The van der Waals surface area contributed by atoms with Gasteiger partial charge < -0.3 is 4.42 Å². The van der Waals surface area contributed by atoms with Crippen LogP contribution in [0.4, 0.5) is 0 Å². The van der Waals surface area contributed by atoms with E-state index in [2.05, 4.69) is 11.6 Å². The van der Waals surface area contributed by atoms with Gasteiger partial charge in [-0.3, -0.25) is 4.98 Å². The monoisotopic (exact) mass is 185 g/mol. The summed E-state index contributed by atoms with van der Waals surface area (Å²) < 4.78 is 5.01. The van der Waals surface area contributed by atoms with E-state index in [0.717, 1.165) is 22.4 Å². The van der Waals surface area contributed by atoms with Crippen LogP contribution in [0.2, 0.25) is 0 Å². The molecule has 0 aromatic carbocycles. The van der Waals surface area contributed by atoms with E-state index in [4.69, 9.17) is 4.42 Å². The smallest absolute Gasteiger partial charge is 0.0996 e. The number of rotatable bonds is 2. The molecule has 0 N–H and O–H groups in total.